The Morgan fingerprint density at radius 2 is 2.06 bits per heavy atom. The van der Waals surface area contributed by atoms with Crippen LogP contribution >= 0.6 is 11.6 Å². The number of benzene rings is 1. The van der Waals surface area contributed by atoms with Crippen LogP contribution in [0.2, 0.25) is 5.02 Å². The van der Waals surface area contributed by atoms with E-state index in [2.05, 4.69) is 9.97 Å². The van der Waals surface area contributed by atoms with Gasteiger partial charge in [0.2, 0.25) is 0 Å². The van der Waals surface area contributed by atoms with E-state index in [9.17, 15) is 0 Å². The summed E-state index contributed by atoms with van der Waals surface area (Å²) in [6, 6.07) is 5.86. The van der Waals surface area contributed by atoms with E-state index in [-0.39, 0.29) is 0 Å². The first-order valence-electron chi connectivity index (χ1n) is 6.07. The number of rotatable bonds is 1. The molecule has 2 N–H and O–H groups in total. The van der Waals surface area contributed by atoms with Gasteiger partial charge in [-0.2, -0.15) is 0 Å². The van der Waals surface area contributed by atoms with E-state index < -0.39 is 0 Å². The number of aryl methyl sites for hydroxylation is 2. The minimum atomic E-state index is 0.615. The molecule has 4 heteroatoms. The number of hydrogen-bond donors (Lipinski definition) is 1. The zero-order valence-corrected chi connectivity index (χ0v) is 11.0. The standard InChI is InChI=1S/C14H14ClN3/c1-8-5-6-9(7-11(8)15)14-17-12-4-2-3-10(12)13(16)18-14/h5-7H,2-4H2,1H3,(H2,16,17,18). The average Bonchev–Trinajstić information content (AvgIpc) is 2.81. The number of anilines is 1. The summed E-state index contributed by atoms with van der Waals surface area (Å²) in [5.74, 6) is 1.29. The van der Waals surface area contributed by atoms with Gasteiger partial charge >= 0.3 is 0 Å². The summed E-state index contributed by atoms with van der Waals surface area (Å²) < 4.78 is 0. The van der Waals surface area contributed by atoms with Crippen LogP contribution in [-0.4, -0.2) is 9.97 Å². The van der Waals surface area contributed by atoms with Crippen LogP contribution in [0.5, 0.6) is 0 Å². The van der Waals surface area contributed by atoms with Gasteiger partial charge in [0.15, 0.2) is 5.82 Å². The van der Waals surface area contributed by atoms with Gasteiger partial charge in [0.25, 0.3) is 0 Å². The Balaban J connectivity index is 2.12. The summed E-state index contributed by atoms with van der Waals surface area (Å²) in [5.41, 5.74) is 10.2. The molecule has 1 aromatic heterocycles. The lowest BCUT2D eigenvalue weighted by molar-refractivity contribution is 0.900. The molecule has 18 heavy (non-hydrogen) atoms. The number of fused-ring (bicyclic) bond motifs is 1. The van der Waals surface area contributed by atoms with Crippen LogP contribution in [0.4, 0.5) is 5.82 Å². The summed E-state index contributed by atoms with van der Waals surface area (Å²) in [6.07, 6.45) is 3.11. The second-order valence-electron chi connectivity index (χ2n) is 4.68. The van der Waals surface area contributed by atoms with E-state index in [0.29, 0.717) is 11.6 Å². The van der Waals surface area contributed by atoms with Crippen molar-refractivity contribution in [3.05, 3.63) is 40.0 Å². The Kier molecular flexibility index (Phi) is 2.71. The van der Waals surface area contributed by atoms with Crippen molar-refractivity contribution in [3.8, 4) is 11.4 Å². The van der Waals surface area contributed by atoms with E-state index in [4.69, 9.17) is 17.3 Å². The third-order valence-corrected chi connectivity index (χ3v) is 3.80. The third kappa shape index (κ3) is 1.85. The normalized spacial score (nSPS) is 13.7. The van der Waals surface area contributed by atoms with E-state index in [1.54, 1.807) is 0 Å². The van der Waals surface area contributed by atoms with Crippen LogP contribution in [0, 0.1) is 6.92 Å². The van der Waals surface area contributed by atoms with E-state index in [1.165, 1.54) is 0 Å². The molecule has 0 amide bonds. The molecule has 0 spiro atoms. The van der Waals surface area contributed by atoms with Crippen LogP contribution in [0.15, 0.2) is 18.2 Å². The van der Waals surface area contributed by atoms with Crippen LogP contribution in [0.3, 0.4) is 0 Å². The number of halogens is 1. The summed E-state index contributed by atoms with van der Waals surface area (Å²) in [7, 11) is 0. The molecule has 0 bridgehead atoms. The predicted octanol–water partition coefficient (Wildman–Crippen LogP) is 3.18. The van der Waals surface area contributed by atoms with Gasteiger partial charge in [0.1, 0.15) is 5.82 Å². The molecule has 0 saturated carbocycles. The quantitative estimate of drug-likeness (QED) is 0.856. The Hall–Kier alpha value is -1.61. The topological polar surface area (TPSA) is 51.8 Å². The second kappa shape index (κ2) is 4.25. The predicted molar refractivity (Wildman–Crippen MR) is 73.7 cm³/mol. The first-order valence-corrected chi connectivity index (χ1v) is 6.45. The Morgan fingerprint density at radius 3 is 2.83 bits per heavy atom. The fourth-order valence-electron chi connectivity index (χ4n) is 2.32. The van der Waals surface area contributed by atoms with E-state index in [1.807, 2.05) is 25.1 Å². The number of hydrogen-bond acceptors (Lipinski definition) is 3. The van der Waals surface area contributed by atoms with Crippen LogP contribution in [0.1, 0.15) is 23.2 Å². The van der Waals surface area contributed by atoms with Gasteiger partial charge in [0, 0.05) is 21.8 Å². The first-order chi connectivity index (χ1) is 8.65. The molecule has 0 radical (unpaired) electrons. The molecule has 1 aliphatic rings. The Morgan fingerprint density at radius 1 is 1.22 bits per heavy atom. The average molecular weight is 260 g/mol. The largest absolute Gasteiger partial charge is 0.383 e. The molecule has 1 heterocycles. The maximum atomic E-state index is 6.13. The monoisotopic (exact) mass is 259 g/mol. The van der Waals surface area contributed by atoms with Gasteiger partial charge in [0.05, 0.1) is 0 Å². The molecule has 1 aliphatic carbocycles. The first kappa shape index (κ1) is 11.5. The van der Waals surface area contributed by atoms with Crippen LogP contribution in [-0.2, 0) is 12.8 Å². The van der Waals surface area contributed by atoms with E-state index >= 15 is 0 Å². The zero-order chi connectivity index (χ0) is 12.7. The number of nitrogen functional groups attached to an aromatic ring is 1. The SMILES string of the molecule is Cc1ccc(-c2nc(N)c3c(n2)CCC3)cc1Cl. The molecule has 3 nitrogen and oxygen atoms in total. The zero-order valence-electron chi connectivity index (χ0n) is 10.2. The fraction of sp³-hybridized carbons (Fsp3) is 0.286. The van der Waals surface area contributed by atoms with Gasteiger partial charge < -0.3 is 5.73 Å². The van der Waals surface area contributed by atoms with Gasteiger partial charge in [-0.25, -0.2) is 9.97 Å². The van der Waals surface area contributed by atoms with E-state index in [0.717, 1.165) is 46.7 Å². The van der Waals surface area contributed by atoms with Gasteiger partial charge in [-0.1, -0.05) is 23.7 Å². The maximum absolute atomic E-state index is 6.13. The molecule has 0 fully saturated rings. The van der Waals surface area contributed by atoms with Crippen molar-refractivity contribution in [1.82, 2.24) is 9.97 Å². The van der Waals surface area contributed by atoms with Gasteiger partial charge in [-0.15, -0.1) is 0 Å². The van der Waals surface area contributed by atoms with Crippen molar-refractivity contribution in [1.29, 1.82) is 0 Å². The molecule has 0 saturated heterocycles. The lowest BCUT2D eigenvalue weighted by Gasteiger charge is -2.07. The van der Waals surface area contributed by atoms with Crippen molar-refractivity contribution < 1.29 is 0 Å². The highest BCUT2D eigenvalue weighted by Crippen LogP contribution is 2.29. The highest BCUT2D eigenvalue weighted by Gasteiger charge is 2.18. The molecule has 2 aromatic rings. The summed E-state index contributed by atoms with van der Waals surface area (Å²) in [5, 5.41) is 0.732. The molecule has 3 rings (SSSR count). The molecule has 92 valence electrons. The summed E-state index contributed by atoms with van der Waals surface area (Å²) >= 11 is 6.13. The smallest absolute Gasteiger partial charge is 0.161 e. The molecule has 0 unspecified atom stereocenters. The highest BCUT2D eigenvalue weighted by atomic mass is 35.5. The lowest BCUT2D eigenvalue weighted by atomic mass is 10.1. The summed E-state index contributed by atoms with van der Waals surface area (Å²) in [6.45, 7) is 1.98. The molecular formula is C14H14ClN3. The Labute approximate surface area is 111 Å². The van der Waals surface area contributed by atoms with Crippen molar-refractivity contribution >= 4 is 17.4 Å². The van der Waals surface area contributed by atoms with Crippen LogP contribution < -0.4 is 5.73 Å². The minimum Gasteiger partial charge on any atom is -0.383 e. The number of nitrogens with zero attached hydrogens (tertiary/aromatic N) is 2. The number of aromatic nitrogens is 2. The van der Waals surface area contributed by atoms with Crippen molar-refractivity contribution in [2.24, 2.45) is 0 Å². The Bertz CT molecular complexity index is 623. The molecule has 1 aromatic carbocycles. The van der Waals surface area contributed by atoms with Crippen molar-refractivity contribution in [3.63, 3.8) is 0 Å². The van der Waals surface area contributed by atoms with Gasteiger partial charge in [-0.05, 0) is 37.8 Å². The van der Waals surface area contributed by atoms with Crippen molar-refractivity contribution in [2.75, 3.05) is 5.73 Å². The minimum absolute atomic E-state index is 0.615. The maximum Gasteiger partial charge on any atom is 0.161 e. The summed E-state index contributed by atoms with van der Waals surface area (Å²) in [4.78, 5) is 9.00. The second-order valence-corrected chi connectivity index (χ2v) is 5.08. The van der Waals surface area contributed by atoms with Crippen LogP contribution in [0.25, 0.3) is 11.4 Å². The highest BCUT2D eigenvalue weighted by molar-refractivity contribution is 6.31. The lowest BCUT2D eigenvalue weighted by Crippen LogP contribution is -2.02. The van der Waals surface area contributed by atoms with Gasteiger partial charge in [-0.3, -0.25) is 0 Å². The third-order valence-electron chi connectivity index (χ3n) is 3.40. The number of nitrogens with two attached hydrogens (primary N) is 1. The molecule has 0 aliphatic heterocycles. The molecular weight excluding hydrogens is 246 g/mol. The molecule has 0 atom stereocenters. The fourth-order valence-corrected chi connectivity index (χ4v) is 2.50. The van der Waals surface area contributed by atoms with Crippen molar-refractivity contribution in [2.45, 2.75) is 26.2 Å².